The van der Waals surface area contributed by atoms with Crippen molar-refractivity contribution in [2.24, 2.45) is 0 Å². The highest BCUT2D eigenvalue weighted by Gasteiger charge is 2.04. The van der Waals surface area contributed by atoms with E-state index in [1.165, 1.54) is 7.11 Å². The topological polar surface area (TPSA) is 55.4 Å². The first-order valence-electron chi connectivity index (χ1n) is 4.75. The van der Waals surface area contributed by atoms with Crippen molar-refractivity contribution in [2.75, 3.05) is 25.7 Å². The summed E-state index contributed by atoms with van der Waals surface area (Å²) in [5.41, 5.74) is 0.579. The maximum atomic E-state index is 11.0. The summed E-state index contributed by atoms with van der Waals surface area (Å²) < 4.78 is 15.4. The zero-order chi connectivity index (χ0) is 11.8. The van der Waals surface area contributed by atoms with Crippen LogP contribution in [0.4, 0.5) is 0 Å². The molecule has 0 aromatic heterocycles. The average molecular weight is 233 g/mol. The van der Waals surface area contributed by atoms with Gasteiger partial charge in [0.15, 0.2) is 0 Å². The molecule has 0 aromatic rings. The molecule has 0 aromatic carbocycles. The Kier molecular flexibility index (Phi) is 7.25. The Morgan fingerprint density at radius 3 is 2.67 bits per heavy atom. The van der Waals surface area contributed by atoms with Gasteiger partial charge in [0, 0.05) is 41.0 Å². The fourth-order valence-electron chi connectivity index (χ4n) is 1.07. The molecule has 2 unspecified atom stereocenters. The van der Waals surface area contributed by atoms with Crippen LogP contribution < -0.4 is 5.32 Å². The van der Waals surface area contributed by atoms with Crippen LogP contribution in [0.2, 0.25) is 0 Å². The first kappa shape index (κ1) is 14.3. The van der Waals surface area contributed by atoms with Crippen LogP contribution >= 0.6 is 0 Å². The van der Waals surface area contributed by atoms with Gasteiger partial charge in [-0.15, -0.1) is 0 Å². The third-order valence-electron chi connectivity index (χ3n) is 1.87. The number of rotatable bonds is 6. The third-order valence-corrected chi connectivity index (χ3v) is 2.84. The predicted molar refractivity (Wildman–Crippen MR) is 62.2 cm³/mol. The summed E-state index contributed by atoms with van der Waals surface area (Å²) in [5, 5.41) is 3.15. The van der Waals surface area contributed by atoms with Crippen LogP contribution in [0.1, 0.15) is 13.8 Å². The van der Waals surface area contributed by atoms with Gasteiger partial charge < -0.3 is 10.1 Å². The predicted octanol–water partition coefficient (Wildman–Crippen LogP) is 0.462. The fourth-order valence-corrected chi connectivity index (χ4v) is 1.89. The van der Waals surface area contributed by atoms with E-state index >= 15 is 0 Å². The zero-order valence-corrected chi connectivity index (χ0v) is 10.5. The highest BCUT2D eigenvalue weighted by atomic mass is 32.2. The molecule has 0 aliphatic carbocycles. The first-order chi connectivity index (χ1) is 6.97. The molecule has 0 fully saturated rings. The lowest BCUT2D eigenvalue weighted by Crippen LogP contribution is -2.31. The normalized spacial score (nSPS) is 15.9. The number of nitrogens with one attached hydrogen (secondary N) is 1. The summed E-state index contributed by atoms with van der Waals surface area (Å²) in [7, 11) is 0.562. The maximum Gasteiger partial charge on any atom is 0.333 e. The van der Waals surface area contributed by atoms with Gasteiger partial charge in [-0.05, 0) is 13.8 Å². The third kappa shape index (κ3) is 7.27. The number of carbonyl (C=O) groups is 1. The maximum absolute atomic E-state index is 11.0. The van der Waals surface area contributed by atoms with Crippen LogP contribution in [0.3, 0.4) is 0 Å². The van der Waals surface area contributed by atoms with E-state index in [1.54, 1.807) is 19.3 Å². The summed E-state index contributed by atoms with van der Waals surface area (Å²) >= 11 is 0. The van der Waals surface area contributed by atoms with Crippen LogP contribution in [0.15, 0.2) is 11.6 Å². The lowest BCUT2D eigenvalue weighted by atomic mass is 10.3. The molecule has 2 atom stereocenters. The van der Waals surface area contributed by atoms with E-state index in [0.29, 0.717) is 17.9 Å². The monoisotopic (exact) mass is 233 g/mol. The number of hydrogen-bond donors (Lipinski definition) is 1. The van der Waals surface area contributed by atoms with Gasteiger partial charge in [0.1, 0.15) is 0 Å². The van der Waals surface area contributed by atoms with Crippen molar-refractivity contribution in [1.82, 2.24) is 5.32 Å². The number of methoxy groups -OCH3 is 1. The Bertz CT molecular complexity index is 263. The van der Waals surface area contributed by atoms with Crippen molar-refractivity contribution >= 4 is 16.8 Å². The largest absolute Gasteiger partial charge is 0.466 e. The molecule has 0 amide bonds. The van der Waals surface area contributed by atoms with Crippen molar-refractivity contribution in [1.29, 1.82) is 0 Å². The van der Waals surface area contributed by atoms with Crippen LogP contribution in [-0.2, 0) is 20.3 Å². The molecule has 88 valence electrons. The van der Waals surface area contributed by atoms with E-state index in [0.717, 1.165) is 0 Å². The number of esters is 1. The van der Waals surface area contributed by atoms with Gasteiger partial charge in [-0.25, -0.2) is 4.79 Å². The van der Waals surface area contributed by atoms with Gasteiger partial charge in [-0.3, -0.25) is 4.21 Å². The molecule has 5 heteroatoms. The summed E-state index contributed by atoms with van der Waals surface area (Å²) in [6.45, 7) is 4.25. The Hall–Kier alpha value is -0.680. The number of hydrogen-bond acceptors (Lipinski definition) is 4. The molecule has 0 aliphatic rings. The van der Waals surface area contributed by atoms with Crippen molar-refractivity contribution in [3.8, 4) is 0 Å². The van der Waals surface area contributed by atoms with Crippen LogP contribution in [0, 0.1) is 0 Å². The van der Waals surface area contributed by atoms with E-state index in [1.807, 2.05) is 6.92 Å². The molecule has 0 aliphatic heterocycles. The van der Waals surface area contributed by atoms with Crippen molar-refractivity contribution in [2.45, 2.75) is 19.9 Å². The second-order valence-corrected chi connectivity index (χ2v) is 4.91. The van der Waals surface area contributed by atoms with Crippen molar-refractivity contribution < 1.29 is 13.7 Å². The van der Waals surface area contributed by atoms with Gasteiger partial charge >= 0.3 is 5.97 Å². The highest BCUT2D eigenvalue weighted by molar-refractivity contribution is 7.84. The van der Waals surface area contributed by atoms with Crippen molar-refractivity contribution in [3.05, 3.63) is 11.6 Å². The van der Waals surface area contributed by atoms with E-state index < -0.39 is 10.8 Å². The average Bonchev–Trinajstić information content (AvgIpc) is 2.15. The molecule has 0 saturated carbocycles. The smallest absolute Gasteiger partial charge is 0.333 e. The summed E-state index contributed by atoms with van der Waals surface area (Å²) in [5.74, 6) is 0.300. The standard InChI is InChI=1S/C10H19NO3S/c1-8(10(12)14-3)5-6-11-9(2)7-15(4)13/h5,9,11H,6-7H2,1-4H3. The van der Waals surface area contributed by atoms with E-state index in [4.69, 9.17) is 0 Å². The van der Waals surface area contributed by atoms with Crippen LogP contribution in [-0.4, -0.2) is 41.9 Å². The van der Waals surface area contributed by atoms with Gasteiger partial charge in [0.2, 0.25) is 0 Å². The van der Waals surface area contributed by atoms with Gasteiger partial charge in [0.25, 0.3) is 0 Å². The molecule has 4 nitrogen and oxygen atoms in total. The fraction of sp³-hybridized carbons (Fsp3) is 0.700. The quantitative estimate of drug-likeness (QED) is 0.535. The summed E-state index contributed by atoms with van der Waals surface area (Å²) in [4.78, 5) is 11.0. The Labute approximate surface area is 93.5 Å². The molecule has 0 spiro atoms. The lowest BCUT2D eigenvalue weighted by molar-refractivity contribution is -0.136. The molecular formula is C10H19NO3S. The molecular weight excluding hydrogens is 214 g/mol. The molecule has 0 radical (unpaired) electrons. The molecule has 0 saturated heterocycles. The number of carbonyl (C=O) groups excluding carboxylic acids is 1. The minimum absolute atomic E-state index is 0.178. The second kappa shape index (κ2) is 7.59. The van der Waals surface area contributed by atoms with Gasteiger partial charge in [0.05, 0.1) is 7.11 Å². The minimum Gasteiger partial charge on any atom is -0.466 e. The Morgan fingerprint density at radius 1 is 1.60 bits per heavy atom. The molecule has 0 heterocycles. The van der Waals surface area contributed by atoms with Crippen LogP contribution in [0.5, 0.6) is 0 Å². The Balaban J connectivity index is 3.86. The summed E-state index contributed by atoms with van der Waals surface area (Å²) in [6.07, 6.45) is 3.44. The Morgan fingerprint density at radius 2 is 2.20 bits per heavy atom. The van der Waals surface area contributed by atoms with E-state index in [2.05, 4.69) is 10.1 Å². The second-order valence-electron chi connectivity index (χ2n) is 3.43. The van der Waals surface area contributed by atoms with E-state index in [9.17, 15) is 9.00 Å². The number of ether oxygens (including phenoxy) is 1. The van der Waals surface area contributed by atoms with Gasteiger partial charge in [-0.2, -0.15) is 0 Å². The van der Waals surface area contributed by atoms with E-state index in [-0.39, 0.29) is 12.0 Å². The minimum atomic E-state index is -0.795. The lowest BCUT2D eigenvalue weighted by Gasteiger charge is -2.10. The molecule has 1 N–H and O–H groups in total. The molecule has 0 rings (SSSR count). The molecule has 15 heavy (non-hydrogen) atoms. The zero-order valence-electron chi connectivity index (χ0n) is 9.70. The first-order valence-corrected chi connectivity index (χ1v) is 6.48. The highest BCUT2D eigenvalue weighted by Crippen LogP contribution is 1.94. The van der Waals surface area contributed by atoms with Crippen LogP contribution in [0.25, 0.3) is 0 Å². The van der Waals surface area contributed by atoms with Gasteiger partial charge in [-0.1, -0.05) is 6.08 Å². The van der Waals surface area contributed by atoms with Crippen molar-refractivity contribution in [3.63, 3.8) is 0 Å². The summed E-state index contributed by atoms with van der Waals surface area (Å²) in [6, 6.07) is 0.178. The SMILES string of the molecule is COC(=O)C(C)=CCNC(C)CS(C)=O. The molecule has 0 bridgehead atoms.